The van der Waals surface area contributed by atoms with Crippen molar-refractivity contribution in [3.05, 3.63) is 71.3 Å². The number of nitrogens with zero attached hydrogens (tertiary/aromatic N) is 1. The second-order valence-electron chi connectivity index (χ2n) is 7.62. The van der Waals surface area contributed by atoms with Crippen molar-refractivity contribution < 1.29 is 19.1 Å². The molecule has 1 atom stereocenters. The standard InChI is InChI=1S/C23H26N2O4/c1-23(2,3)29-22(27)25-20(19-11-9-17(15-24)10-12-19)13-14-21(26)28-16-18-7-5-4-6-8-18/h4-12,20H,13-14,16H2,1-3H3,(H,25,27)/t20-/m1/s1. The third-order valence-corrected chi connectivity index (χ3v) is 4.01. The van der Waals surface area contributed by atoms with Crippen LogP contribution in [0.25, 0.3) is 0 Å². The fraction of sp³-hybridized carbons (Fsp3) is 0.348. The molecule has 29 heavy (non-hydrogen) atoms. The fourth-order valence-electron chi connectivity index (χ4n) is 2.63. The average molecular weight is 394 g/mol. The first-order valence-electron chi connectivity index (χ1n) is 9.46. The molecule has 2 aromatic carbocycles. The van der Waals surface area contributed by atoms with E-state index in [4.69, 9.17) is 14.7 Å². The van der Waals surface area contributed by atoms with Crippen LogP contribution in [-0.2, 0) is 20.9 Å². The number of amides is 1. The number of nitriles is 1. The number of alkyl carbamates (subject to hydrolysis) is 1. The van der Waals surface area contributed by atoms with Crippen LogP contribution in [0.15, 0.2) is 54.6 Å². The molecule has 2 rings (SSSR count). The van der Waals surface area contributed by atoms with Gasteiger partial charge in [-0.2, -0.15) is 5.26 Å². The summed E-state index contributed by atoms with van der Waals surface area (Å²) >= 11 is 0. The van der Waals surface area contributed by atoms with E-state index in [1.807, 2.05) is 30.3 Å². The Morgan fingerprint density at radius 1 is 1.07 bits per heavy atom. The van der Waals surface area contributed by atoms with E-state index < -0.39 is 17.7 Å². The first-order chi connectivity index (χ1) is 13.8. The van der Waals surface area contributed by atoms with E-state index in [1.54, 1.807) is 45.0 Å². The largest absolute Gasteiger partial charge is 0.461 e. The number of rotatable bonds is 7. The fourth-order valence-corrected chi connectivity index (χ4v) is 2.63. The van der Waals surface area contributed by atoms with Gasteiger partial charge >= 0.3 is 12.1 Å². The zero-order chi connectivity index (χ0) is 21.3. The van der Waals surface area contributed by atoms with Crippen molar-refractivity contribution >= 4 is 12.1 Å². The van der Waals surface area contributed by atoms with Crippen molar-refractivity contribution in [3.8, 4) is 6.07 Å². The number of hydrogen-bond donors (Lipinski definition) is 1. The van der Waals surface area contributed by atoms with Gasteiger partial charge in [0.2, 0.25) is 0 Å². The molecule has 0 fully saturated rings. The minimum atomic E-state index is -0.631. The van der Waals surface area contributed by atoms with Crippen LogP contribution in [0.4, 0.5) is 4.79 Å². The summed E-state index contributed by atoms with van der Waals surface area (Å²) in [5, 5.41) is 11.8. The van der Waals surface area contributed by atoms with E-state index in [0.717, 1.165) is 11.1 Å². The van der Waals surface area contributed by atoms with Gasteiger partial charge in [-0.3, -0.25) is 4.79 Å². The molecule has 0 aliphatic heterocycles. The van der Waals surface area contributed by atoms with Gasteiger partial charge in [0.05, 0.1) is 17.7 Å². The SMILES string of the molecule is CC(C)(C)OC(=O)N[C@H](CCC(=O)OCc1ccccc1)c1ccc(C#N)cc1. The highest BCUT2D eigenvalue weighted by molar-refractivity contribution is 5.70. The maximum atomic E-state index is 12.2. The zero-order valence-corrected chi connectivity index (χ0v) is 17.0. The molecule has 0 heterocycles. The van der Waals surface area contributed by atoms with Crippen molar-refractivity contribution in [1.29, 1.82) is 5.26 Å². The third-order valence-electron chi connectivity index (χ3n) is 4.01. The Morgan fingerprint density at radius 2 is 1.72 bits per heavy atom. The molecule has 2 aromatic rings. The Morgan fingerprint density at radius 3 is 2.31 bits per heavy atom. The van der Waals surface area contributed by atoms with E-state index in [0.29, 0.717) is 12.0 Å². The van der Waals surface area contributed by atoms with Gasteiger partial charge in [-0.25, -0.2) is 4.79 Å². The Balaban J connectivity index is 1.99. The number of benzene rings is 2. The van der Waals surface area contributed by atoms with Gasteiger partial charge in [0.1, 0.15) is 12.2 Å². The minimum absolute atomic E-state index is 0.132. The van der Waals surface area contributed by atoms with Crippen LogP contribution < -0.4 is 5.32 Å². The molecular weight excluding hydrogens is 368 g/mol. The van der Waals surface area contributed by atoms with Gasteiger partial charge in [0.25, 0.3) is 0 Å². The van der Waals surface area contributed by atoms with Gasteiger partial charge in [0, 0.05) is 6.42 Å². The van der Waals surface area contributed by atoms with Crippen LogP contribution in [0.2, 0.25) is 0 Å². The number of ether oxygens (including phenoxy) is 2. The lowest BCUT2D eigenvalue weighted by Crippen LogP contribution is -2.35. The zero-order valence-electron chi connectivity index (χ0n) is 17.0. The minimum Gasteiger partial charge on any atom is -0.461 e. The van der Waals surface area contributed by atoms with Crippen molar-refractivity contribution in [3.63, 3.8) is 0 Å². The highest BCUT2D eigenvalue weighted by Gasteiger charge is 2.21. The van der Waals surface area contributed by atoms with Gasteiger partial charge in [-0.15, -0.1) is 0 Å². The van der Waals surface area contributed by atoms with Crippen LogP contribution in [0.5, 0.6) is 0 Å². The molecule has 0 aromatic heterocycles. The Kier molecular flexibility index (Phi) is 7.79. The van der Waals surface area contributed by atoms with E-state index in [1.165, 1.54) is 0 Å². The summed E-state index contributed by atoms with van der Waals surface area (Å²) < 4.78 is 10.6. The summed E-state index contributed by atoms with van der Waals surface area (Å²) in [5.41, 5.74) is 1.59. The van der Waals surface area contributed by atoms with Crippen LogP contribution in [0.1, 0.15) is 56.3 Å². The molecule has 0 bridgehead atoms. The number of hydrogen-bond acceptors (Lipinski definition) is 5. The van der Waals surface area contributed by atoms with Gasteiger partial charge in [-0.05, 0) is 50.5 Å². The molecule has 0 saturated carbocycles. The molecule has 0 spiro atoms. The van der Waals surface area contributed by atoms with Gasteiger partial charge in [0.15, 0.2) is 0 Å². The van der Waals surface area contributed by atoms with Crippen LogP contribution in [0.3, 0.4) is 0 Å². The molecule has 0 radical (unpaired) electrons. The lowest BCUT2D eigenvalue weighted by atomic mass is 10.0. The third kappa shape index (κ3) is 8.06. The molecule has 1 amide bonds. The maximum Gasteiger partial charge on any atom is 0.408 e. The van der Waals surface area contributed by atoms with E-state index >= 15 is 0 Å². The second-order valence-corrected chi connectivity index (χ2v) is 7.62. The van der Waals surface area contributed by atoms with E-state index in [2.05, 4.69) is 11.4 Å². The van der Waals surface area contributed by atoms with Crippen LogP contribution in [0, 0.1) is 11.3 Å². The first-order valence-corrected chi connectivity index (χ1v) is 9.46. The second kappa shape index (κ2) is 10.3. The molecule has 6 heteroatoms. The van der Waals surface area contributed by atoms with Gasteiger partial charge < -0.3 is 14.8 Å². The summed E-state index contributed by atoms with van der Waals surface area (Å²) in [4.78, 5) is 24.4. The number of esters is 1. The molecule has 1 N–H and O–H groups in total. The first kappa shape index (κ1) is 22.0. The topological polar surface area (TPSA) is 88.4 Å². The quantitative estimate of drug-likeness (QED) is 0.691. The predicted molar refractivity (Wildman–Crippen MR) is 109 cm³/mol. The normalized spacial score (nSPS) is 11.8. The van der Waals surface area contributed by atoms with Crippen molar-refractivity contribution in [1.82, 2.24) is 5.32 Å². The summed E-state index contributed by atoms with van der Waals surface area (Å²) in [6.07, 6.45) is -0.0870. The lowest BCUT2D eigenvalue weighted by molar-refractivity contribution is -0.145. The Hall–Kier alpha value is -3.33. The lowest BCUT2D eigenvalue weighted by Gasteiger charge is -2.24. The molecule has 0 saturated heterocycles. The van der Waals surface area contributed by atoms with Gasteiger partial charge in [-0.1, -0.05) is 42.5 Å². The maximum absolute atomic E-state index is 12.2. The Bertz CT molecular complexity index is 849. The van der Waals surface area contributed by atoms with Crippen LogP contribution >= 0.6 is 0 Å². The molecule has 0 aliphatic rings. The average Bonchev–Trinajstić information content (AvgIpc) is 2.69. The smallest absolute Gasteiger partial charge is 0.408 e. The molecular formula is C23H26N2O4. The molecule has 0 unspecified atom stereocenters. The summed E-state index contributed by atoms with van der Waals surface area (Å²) in [6.45, 7) is 5.55. The molecule has 0 aliphatic carbocycles. The number of carbonyl (C=O) groups is 2. The van der Waals surface area contributed by atoms with E-state index in [9.17, 15) is 9.59 Å². The monoisotopic (exact) mass is 394 g/mol. The molecule has 6 nitrogen and oxygen atoms in total. The summed E-state index contributed by atoms with van der Waals surface area (Å²) in [7, 11) is 0. The Labute approximate surface area is 171 Å². The van der Waals surface area contributed by atoms with Crippen LogP contribution in [-0.4, -0.2) is 17.7 Å². The van der Waals surface area contributed by atoms with Crippen molar-refractivity contribution in [2.45, 2.75) is 51.9 Å². The van der Waals surface area contributed by atoms with Crippen molar-refractivity contribution in [2.75, 3.05) is 0 Å². The number of nitrogens with one attached hydrogen (secondary N) is 1. The van der Waals surface area contributed by atoms with E-state index in [-0.39, 0.29) is 19.0 Å². The summed E-state index contributed by atoms with van der Waals surface area (Å²) in [6, 6.07) is 17.9. The predicted octanol–water partition coefficient (Wildman–Crippen LogP) is 4.65. The highest BCUT2D eigenvalue weighted by Crippen LogP contribution is 2.21. The summed E-state index contributed by atoms with van der Waals surface area (Å²) in [5.74, 6) is -0.349. The molecule has 152 valence electrons. The number of carbonyl (C=O) groups excluding carboxylic acids is 2. The highest BCUT2D eigenvalue weighted by atomic mass is 16.6. The van der Waals surface area contributed by atoms with Crippen molar-refractivity contribution in [2.24, 2.45) is 0 Å².